The maximum Gasteiger partial charge on any atom is 0.268 e. The number of pyridine rings is 1. The standard InChI is InChI=1S/C39H32Cl2FN5O4S/c40-28-7-3-8-29(41)32(28)45-37(49)34-31(42)26-14-18-47(30-9-2-1-5-25(30)33(26)52-34)38(50)23-10-12-24(13-11-23)44-36(48)27-6-4-17-43-35(27)46-21-39(22-46)15-19-51-20-16-39/h1-13,17H,14-16,18-22H2,(H,44,48)(H,45,49). The van der Waals surface area contributed by atoms with Crippen LogP contribution in [0.2, 0.25) is 10.0 Å². The predicted octanol–water partition coefficient (Wildman–Crippen LogP) is 8.58. The molecule has 13 heteroatoms. The SMILES string of the molecule is O=C(Nc1ccc(C(=O)N2CCc3c(sc(C(=O)Nc4c(Cl)cccc4Cl)c3F)-c3ccccc32)cc1)c1cccnc1N1CC2(CCOCC2)C1. The minimum Gasteiger partial charge on any atom is -0.381 e. The summed E-state index contributed by atoms with van der Waals surface area (Å²) in [6.07, 6.45) is 3.91. The van der Waals surface area contributed by atoms with Gasteiger partial charge in [-0.05, 0) is 73.9 Å². The van der Waals surface area contributed by atoms with Crippen LogP contribution in [0.25, 0.3) is 10.4 Å². The van der Waals surface area contributed by atoms with Crippen LogP contribution in [0.1, 0.15) is 48.8 Å². The van der Waals surface area contributed by atoms with Gasteiger partial charge in [0.25, 0.3) is 17.7 Å². The number of nitrogens with one attached hydrogen (secondary N) is 2. The molecule has 1 spiro atoms. The lowest BCUT2D eigenvalue weighted by Gasteiger charge is -2.53. The number of hydrogen-bond acceptors (Lipinski definition) is 7. The van der Waals surface area contributed by atoms with Crippen LogP contribution in [0.5, 0.6) is 0 Å². The molecule has 2 aromatic heterocycles. The van der Waals surface area contributed by atoms with Crippen molar-refractivity contribution in [1.29, 1.82) is 0 Å². The molecule has 8 rings (SSSR count). The molecule has 2 N–H and O–H groups in total. The van der Waals surface area contributed by atoms with Gasteiger partial charge in [-0.25, -0.2) is 9.37 Å². The molecule has 2 saturated heterocycles. The van der Waals surface area contributed by atoms with Crippen molar-refractivity contribution in [3.8, 4) is 10.4 Å². The van der Waals surface area contributed by atoms with Crippen molar-refractivity contribution in [2.75, 3.05) is 53.3 Å². The van der Waals surface area contributed by atoms with Crippen molar-refractivity contribution < 1.29 is 23.5 Å². The minimum absolute atomic E-state index is 0.0975. The molecule has 0 atom stereocenters. The molecule has 0 bridgehead atoms. The van der Waals surface area contributed by atoms with Crippen molar-refractivity contribution >= 4 is 75.1 Å². The second-order valence-corrected chi connectivity index (χ2v) is 15.0. The molecule has 0 unspecified atom stereocenters. The summed E-state index contributed by atoms with van der Waals surface area (Å²) < 4.78 is 21.5. The summed E-state index contributed by atoms with van der Waals surface area (Å²) in [6.45, 7) is 3.41. The summed E-state index contributed by atoms with van der Waals surface area (Å²) in [5.41, 5.74) is 3.46. The van der Waals surface area contributed by atoms with Gasteiger partial charge in [0, 0.05) is 71.7 Å². The molecule has 2 fully saturated rings. The average Bonchev–Trinajstić information content (AvgIpc) is 3.38. The molecule has 0 aliphatic carbocycles. The molecule has 5 aromatic rings. The number of thiophene rings is 1. The zero-order chi connectivity index (χ0) is 36.0. The van der Waals surface area contributed by atoms with Crippen LogP contribution in [0, 0.1) is 11.2 Å². The Morgan fingerprint density at radius 2 is 1.60 bits per heavy atom. The van der Waals surface area contributed by atoms with Crippen molar-refractivity contribution in [3.63, 3.8) is 0 Å². The summed E-state index contributed by atoms with van der Waals surface area (Å²) in [4.78, 5) is 49.5. The van der Waals surface area contributed by atoms with Gasteiger partial charge in [-0.15, -0.1) is 11.3 Å². The Kier molecular flexibility index (Phi) is 9.21. The first-order valence-corrected chi connectivity index (χ1v) is 18.5. The second kappa shape index (κ2) is 14.0. The van der Waals surface area contributed by atoms with E-state index < -0.39 is 11.7 Å². The molecule has 3 amide bonds. The number of nitrogens with zero attached hydrogens (tertiary/aromatic N) is 3. The minimum atomic E-state index is -0.660. The molecule has 0 saturated carbocycles. The van der Waals surface area contributed by atoms with Crippen LogP contribution in [0.3, 0.4) is 0 Å². The van der Waals surface area contributed by atoms with E-state index in [4.69, 9.17) is 27.9 Å². The van der Waals surface area contributed by atoms with E-state index in [-0.39, 0.29) is 50.8 Å². The Morgan fingerprint density at radius 1 is 0.865 bits per heavy atom. The maximum atomic E-state index is 16.0. The maximum absolute atomic E-state index is 16.0. The van der Waals surface area contributed by atoms with Gasteiger partial charge in [-0.1, -0.05) is 47.5 Å². The molecule has 264 valence electrons. The smallest absolute Gasteiger partial charge is 0.268 e. The van der Waals surface area contributed by atoms with Crippen molar-refractivity contribution in [3.05, 3.63) is 122 Å². The topological polar surface area (TPSA) is 104 Å². The van der Waals surface area contributed by atoms with E-state index in [1.807, 2.05) is 24.3 Å². The summed E-state index contributed by atoms with van der Waals surface area (Å²) in [5, 5.41) is 6.08. The molecule has 9 nitrogen and oxygen atoms in total. The number of fused-ring (bicyclic) bond motifs is 3. The highest BCUT2D eigenvalue weighted by Gasteiger charge is 2.45. The molecular formula is C39H32Cl2FN5O4S. The van der Waals surface area contributed by atoms with E-state index in [9.17, 15) is 14.4 Å². The third-order valence-electron chi connectivity index (χ3n) is 9.95. The largest absolute Gasteiger partial charge is 0.381 e. The van der Waals surface area contributed by atoms with E-state index in [2.05, 4.69) is 20.5 Å². The number of halogens is 3. The van der Waals surface area contributed by atoms with E-state index in [1.54, 1.807) is 65.7 Å². The lowest BCUT2D eigenvalue weighted by Crippen LogP contribution is -2.59. The van der Waals surface area contributed by atoms with Crippen LogP contribution >= 0.6 is 34.5 Å². The number of benzene rings is 3. The quantitative estimate of drug-likeness (QED) is 0.180. The summed E-state index contributed by atoms with van der Waals surface area (Å²) in [7, 11) is 0. The van der Waals surface area contributed by atoms with Gasteiger partial charge in [0.05, 0.1) is 27.0 Å². The Hall–Kier alpha value is -4.81. The summed E-state index contributed by atoms with van der Waals surface area (Å²) in [6, 6.07) is 22.3. The highest BCUT2D eigenvalue weighted by molar-refractivity contribution is 7.17. The predicted molar refractivity (Wildman–Crippen MR) is 203 cm³/mol. The molecule has 3 aromatic carbocycles. The molecule has 0 radical (unpaired) electrons. The Bertz CT molecular complexity index is 2190. The highest BCUT2D eigenvalue weighted by atomic mass is 35.5. The van der Waals surface area contributed by atoms with Crippen LogP contribution in [-0.2, 0) is 11.2 Å². The normalized spacial score (nSPS) is 16.0. The third-order valence-corrected chi connectivity index (χ3v) is 11.8. The van der Waals surface area contributed by atoms with Crippen LogP contribution in [0.15, 0.2) is 85.1 Å². The Labute approximate surface area is 313 Å². The Balaban J connectivity index is 0.984. The third kappa shape index (κ3) is 6.32. The fraction of sp³-hybridized carbons (Fsp3) is 0.231. The van der Waals surface area contributed by atoms with Gasteiger partial charge in [-0.3, -0.25) is 14.4 Å². The van der Waals surface area contributed by atoms with Gasteiger partial charge in [-0.2, -0.15) is 0 Å². The lowest BCUT2D eigenvalue weighted by atomic mass is 9.73. The molecule has 52 heavy (non-hydrogen) atoms. The second-order valence-electron chi connectivity index (χ2n) is 13.2. The highest BCUT2D eigenvalue weighted by Crippen LogP contribution is 2.45. The molecular weight excluding hydrogens is 724 g/mol. The van der Waals surface area contributed by atoms with E-state index in [0.717, 1.165) is 50.5 Å². The first-order chi connectivity index (χ1) is 25.2. The number of rotatable bonds is 6. The molecule has 5 heterocycles. The number of carbonyl (C=O) groups is 3. The fourth-order valence-electron chi connectivity index (χ4n) is 7.19. The van der Waals surface area contributed by atoms with Crippen LogP contribution in [-0.4, -0.2) is 55.6 Å². The van der Waals surface area contributed by atoms with Crippen molar-refractivity contribution in [2.24, 2.45) is 5.41 Å². The number of amides is 3. The van der Waals surface area contributed by atoms with Crippen molar-refractivity contribution in [2.45, 2.75) is 19.3 Å². The zero-order valence-corrected chi connectivity index (χ0v) is 30.1. The zero-order valence-electron chi connectivity index (χ0n) is 27.8. The number of aromatic nitrogens is 1. The number of para-hydroxylation sites is 2. The molecule has 3 aliphatic heterocycles. The number of carbonyl (C=O) groups excluding carboxylic acids is 3. The van der Waals surface area contributed by atoms with Crippen LogP contribution in [0.4, 0.5) is 27.3 Å². The van der Waals surface area contributed by atoms with Gasteiger partial charge in [0.1, 0.15) is 10.7 Å². The number of hydrogen-bond donors (Lipinski definition) is 2. The van der Waals surface area contributed by atoms with Crippen molar-refractivity contribution in [1.82, 2.24) is 4.98 Å². The summed E-state index contributed by atoms with van der Waals surface area (Å²) >= 11 is 13.5. The van der Waals surface area contributed by atoms with E-state index in [1.165, 1.54) is 0 Å². The van der Waals surface area contributed by atoms with Gasteiger partial charge in [0.15, 0.2) is 5.82 Å². The summed E-state index contributed by atoms with van der Waals surface area (Å²) in [5.74, 6) is -1.20. The number of ether oxygens (including phenoxy) is 1. The average molecular weight is 757 g/mol. The van der Waals surface area contributed by atoms with E-state index >= 15 is 4.39 Å². The van der Waals surface area contributed by atoms with Gasteiger partial charge >= 0.3 is 0 Å². The van der Waals surface area contributed by atoms with Gasteiger partial charge in [0.2, 0.25) is 0 Å². The number of anilines is 4. The van der Waals surface area contributed by atoms with Gasteiger partial charge < -0.3 is 25.2 Å². The molecule has 3 aliphatic rings. The fourth-order valence-corrected chi connectivity index (χ4v) is 8.84. The van der Waals surface area contributed by atoms with E-state index in [0.29, 0.717) is 44.3 Å². The lowest BCUT2D eigenvalue weighted by molar-refractivity contribution is -0.000510. The first-order valence-electron chi connectivity index (χ1n) is 16.9. The first kappa shape index (κ1) is 34.3. The van der Waals surface area contributed by atoms with Crippen LogP contribution < -0.4 is 20.4 Å². The Morgan fingerprint density at radius 3 is 2.35 bits per heavy atom. The monoisotopic (exact) mass is 755 g/mol.